The second-order valence-corrected chi connectivity index (χ2v) is 6.98. The summed E-state index contributed by atoms with van der Waals surface area (Å²) in [4.78, 5) is 34.8. The first-order valence-corrected chi connectivity index (χ1v) is 9.59. The molecule has 29 heavy (non-hydrogen) atoms. The number of nitrogens with two attached hydrogens (primary N) is 1. The van der Waals surface area contributed by atoms with Crippen molar-refractivity contribution in [3.63, 3.8) is 0 Å². The summed E-state index contributed by atoms with van der Waals surface area (Å²) in [7, 11) is 0. The Labute approximate surface area is 167 Å². The predicted molar refractivity (Wildman–Crippen MR) is 105 cm³/mol. The summed E-state index contributed by atoms with van der Waals surface area (Å²) in [6.07, 6.45) is 4.96. The minimum Gasteiger partial charge on any atom is -0.366 e. The highest BCUT2D eigenvalue weighted by Crippen LogP contribution is 2.31. The molecule has 0 spiro atoms. The quantitative estimate of drug-likeness (QED) is 0.731. The molecular formula is C21H21N5O3. The van der Waals surface area contributed by atoms with E-state index >= 15 is 0 Å². The average Bonchev–Trinajstić information content (AvgIpc) is 3.12. The molecule has 8 heteroatoms. The van der Waals surface area contributed by atoms with Gasteiger partial charge in [-0.15, -0.1) is 0 Å². The molecule has 4 rings (SSSR count). The number of likely N-dealkylation sites (tertiary alicyclic amines) is 1. The van der Waals surface area contributed by atoms with Gasteiger partial charge in [0, 0.05) is 18.3 Å². The average molecular weight is 391 g/mol. The third-order valence-corrected chi connectivity index (χ3v) is 5.04. The van der Waals surface area contributed by atoms with E-state index in [1.54, 1.807) is 4.90 Å². The van der Waals surface area contributed by atoms with Gasteiger partial charge in [-0.1, -0.05) is 36.2 Å². The van der Waals surface area contributed by atoms with Crippen molar-refractivity contribution >= 4 is 11.8 Å². The van der Waals surface area contributed by atoms with Crippen LogP contribution in [0.3, 0.4) is 0 Å². The number of carbonyl (C=O) groups excluding carboxylic acids is 2. The summed E-state index contributed by atoms with van der Waals surface area (Å²) in [6.45, 7) is 0.581. The molecule has 8 nitrogen and oxygen atoms in total. The fraction of sp³-hybridized carbons (Fsp3) is 0.286. The molecule has 2 aromatic heterocycles. The lowest BCUT2D eigenvalue weighted by atomic mass is 10.1. The number of rotatable bonds is 4. The highest BCUT2D eigenvalue weighted by Gasteiger charge is 2.31. The van der Waals surface area contributed by atoms with Crippen molar-refractivity contribution < 1.29 is 14.1 Å². The molecular weight excluding hydrogens is 370 g/mol. The monoisotopic (exact) mass is 391 g/mol. The highest BCUT2D eigenvalue weighted by atomic mass is 16.5. The van der Waals surface area contributed by atoms with Crippen molar-refractivity contribution in [3.05, 3.63) is 65.7 Å². The second-order valence-electron chi connectivity index (χ2n) is 6.98. The van der Waals surface area contributed by atoms with Crippen molar-refractivity contribution in [3.8, 4) is 11.5 Å². The maximum absolute atomic E-state index is 13.2. The van der Waals surface area contributed by atoms with Gasteiger partial charge in [0.05, 0.1) is 11.6 Å². The lowest BCUT2D eigenvalue weighted by Crippen LogP contribution is -2.36. The maximum atomic E-state index is 13.2. The molecule has 2 amide bonds. The summed E-state index contributed by atoms with van der Waals surface area (Å²) in [5.74, 6) is 0.123. The summed E-state index contributed by atoms with van der Waals surface area (Å²) in [6, 6.07) is 12.3. The van der Waals surface area contributed by atoms with E-state index in [1.165, 1.54) is 18.3 Å². The minimum absolute atomic E-state index is 0.223. The standard InChI is InChI=1S/C21H21N5O3/c22-18(27)15-10-11-16(23-13-15)21(28)26-12-6-2-5-9-17(26)19-24-20(29-25-19)14-7-3-1-4-8-14/h1,3-4,7-8,10-11,13,17H,2,5-6,9,12H2,(H2,22,27)/t17-/m1/s1. The Kier molecular flexibility index (Phi) is 5.33. The molecule has 1 saturated heterocycles. The Morgan fingerprint density at radius 2 is 1.90 bits per heavy atom. The van der Waals surface area contributed by atoms with Crippen LogP contribution in [0, 0.1) is 0 Å². The molecule has 148 valence electrons. The number of amides is 2. The van der Waals surface area contributed by atoms with Crippen LogP contribution in [0.25, 0.3) is 11.5 Å². The van der Waals surface area contributed by atoms with Gasteiger partial charge in [-0.25, -0.2) is 0 Å². The first kappa shape index (κ1) is 18.8. The normalized spacial score (nSPS) is 17.0. The number of pyridine rings is 1. The zero-order chi connectivity index (χ0) is 20.2. The summed E-state index contributed by atoms with van der Waals surface area (Å²) >= 11 is 0. The van der Waals surface area contributed by atoms with Gasteiger partial charge in [-0.3, -0.25) is 14.6 Å². The van der Waals surface area contributed by atoms with E-state index in [0.29, 0.717) is 18.3 Å². The van der Waals surface area contributed by atoms with E-state index in [1.807, 2.05) is 30.3 Å². The Hall–Kier alpha value is -3.55. The van der Waals surface area contributed by atoms with Crippen LogP contribution in [-0.2, 0) is 0 Å². The molecule has 0 radical (unpaired) electrons. The number of nitrogens with zero attached hydrogens (tertiary/aromatic N) is 4. The number of hydrogen-bond donors (Lipinski definition) is 1. The third-order valence-electron chi connectivity index (χ3n) is 5.04. The first-order chi connectivity index (χ1) is 14.1. The second kappa shape index (κ2) is 8.22. The van der Waals surface area contributed by atoms with Crippen LogP contribution in [-0.4, -0.2) is 38.4 Å². The Morgan fingerprint density at radius 1 is 1.07 bits per heavy atom. The van der Waals surface area contributed by atoms with E-state index in [-0.39, 0.29) is 23.2 Å². The number of benzene rings is 1. The van der Waals surface area contributed by atoms with Crippen molar-refractivity contribution in [1.82, 2.24) is 20.0 Å². The van der Waals surface area contributed by atoms with Gasteiger partial charge >= 0.3 is 0 Å². The van der Waals surface area contributed by atoms with E-state index in [2.05, 4.69) is 15.1 Å². The van der Waals surface area contributed by atoms with Crippen LogP contribution < -0.4 is 5.73 Å². The predicted octanol–water partition coefficient (Wildman–Crippen LogP) is 2.99. The van der Waals surface area contributed by atoms with Gasteiger partial charge < -0.3 is 15.2 Å². The number of hydrogen-bond acceptors (Lipinski definition) is 6. The smallest absolute Gasteiger partial charge is 0.273 e. The van der Waals surface area contributed by atoms with Crippen molar-refractivity contribution in [2.45, 2.75) is 31.7 Å². The molecule has 2 N–H and O–H groups in total. The molecule has 3 heterocycles. The van der Waals surface area contributed by atoms with Gasteiger partial charge in [0.15, 0.2) is 5.82 Å². The van der Waals surface area contributed by atoms with Crippen LogP contribution in [0.2, 0.25) is 0 Å². The van der Waals surface area contributed by atoms with E-state index < -0.39 is 5.91 Å². The fourth-order valence-electron chi connectivity index (χ4n) is 3.50. The van der Waals surface area contributed by atoms with Gasteiger partial charge in [0.25, 0.3) is 11.8 Å². The third kappa shape index (κ3) is 4.01. The zero-order valence-electron chi connectivity index (χ0n) is 15.8. The lowest BCUT2D eigenvalue weighted by Gasteiger charge is -2.27. The SMILES string of the molecule is NC(=O)c1ccc(C(=O)N2CCCCC[C@@H]2c2noc(-c3ccccc3)n2)nc1. The van der Waals surface area contributed by atoms with E-state index in [4.69, 9.17) is 10.3 Å². The van der Waals surface area contributed by atoms with E-state index in [0.717, 1.165) is 31.2 Å². The minimum atomic E-state index is -0.579. The summed E-state index contributed by atoms with van der Waals surface area (Å²) in [5.41, 5.74) is 6.61. The number of primary amides is 1. The van der Waals surface area contributed by atoms with Gasteiger partial charge in [0.1, 0.15) is 5.69 Å². The molecule has 1 aliphatic heterocycles. The van der Waals surface area contributed by atoms with Crippen molar-refractivity contribution in [1.29, 1.82) is 0 Å². The largest absolute Gasteiger partial charge is 0.366 e. The van der Waals surface area contributed by atoms with Crippen molar-refractivity contribution in [2.75, 3.05) is 6.54 Å². The summed E-state index contributed by atoms with van der Waals surface area (Å²) in [5, 5.41) is 4.16. The Bertz CT molecular complexity index is 1000. The topological polar surface area (TPSA) is 115 Å². The molecule has 1 atom stereocenters. The maximum Gasteiger partial charge on any atom is 0.273 e. The van der Waals surface area contributed by atoms with Crippen LogP contribution in [0.5, 0.6) is 0 Å². The number of aromatic nitrogens is 3. The first-order valence-electron chi connectivity index (χ1n) is 9.59. The van der Waals surface area contributed by atoms with Crippen LogP contribution in [0.15, 0.2) is 53.2 Å². The zero-order valence-corrected chi connectivity index (χ0v) is 15.8. The van der Waals surface area contributed by atoms with Gasteiger partial charge in [-0.2, -0.15) is 4.98 Å². The lowest BCUT2D eigenvalue weighted by molar-refractivity contribution is 0.0664. The van der Waals surface area contributed by atoms with Crippen molar-refractivity contribution in [2.24, 2.45) is 5.73 Å². The summed E-state index contributed by atoms with van der Waals surface area (Å²) < 4.78 is 5.45. The molecule has 3 aromatic rings. The molecule has 0 saturated carbocycles. The highest BCUT2D eigenvalue weighted by molar-refractivity contribution is 5.95. The van der Waals surface area contributed by atoms with Crippen LogP contribution >= 0.6 is 0 Å². The van der Waals surface area contributed by atoms with Crippen LogP contribution in [0.1, 0.15) is 58.4 Å². The van der Waals surface area contributed by atoms with Gasteiger partial charge in [-0.05, 0) is 37.1 Å². The van der Waals surface area contributed by atoms with E-state index in [9.17, 15) is 9.59 Å². The molecule has 1 aromatic carbocycles. The molecule has 1 fully saturated rings. The van der Waals surface area contributed by atoms with Crippen LogP contribution in [0.4, 0.5) is 0 Å². The molecule has 0 bridgehead atoms. The Balaban J connectivity index is 1.61. The number of carbonyl (C=O) groups is 2. The molecule has 0 unspecified atom stereocenters. The molecule has 1 aliphatic rings. The van der Waals surface area contributed by atoms with Gasteiger partial charge in [0.2, 0.25) is 5.91 Å². The Morgan fingerprint density at radius 3 is 2.62 bits per heavy atom. The fourth-order valence-corrected chi connectivity index (χ4v) is 3.50. The molecule has 0 aliphatic carbocycles.